The van der Waals surface area contributed by atoms with Crippen LogP contribution in [0.4, 0.5) is 0 Å². The summed E-state index contributed by atoms with van der Waals surface area (Å²) in [5.74, 6) is 0. The Hall–Kier alpha value is 4.48. The SMILES string of the molecule is [P-3].[P-3].[P-3].[SnH2+2].[SnH2+2].[SnH2+2].[SnH2+2]. The number of hydrogen-bond acceptors (Lipinski definition) is 0. The van der Waals surface area contributed by atoms with Gasteiger partial charge in [-0.2, -0.15) is 0 Å². The van der Waals surface area contributed by atoms with Crippen LogP contribution in [0.5, 0.6) is 0 Å². The molecule has 7 heavy (non-hydrogen) atoms. The van der Waals surface area contributed by atoms with E-state index in [0.717, 1.165) is 0 Å². The van der Waals surface area contributed by atoms with Gasteiger partial charge < -0.3 is 29.7 Å². The van der Waals surface area contributed by atoms with Crippen molar-refractivity contribution in [1.29, 1.82) is 0 Å². The van der Waals surface area contributed by atoms with Crippen molar-refractivity contribution in [1.82, 2.24) is 0 Å². The van der Waals surface area contributed by atoms with E-state index >= 15 is 0 Å². The molecule has 0 amide bonds. The van der Waals surface area contributed by atoms with Gasteiger partial charge in [0.1, 0.15) is 0 Å². The molecule has 0 aromatic heterocycles. The fourth-order valence-electron chi connectivity index (χ4n) is 0. The number of hydrogen-bond donors (Lipinski definition) is 0. The van der Waals surface area contributed by atoms with Crippen molar-refractivity contribution in [2.45, 2.75) is 0 Å². The summed E-state index contributed by atoms with van der Waals surface area (Å²) < 4.78 is 0. The van der Waals surface area contributed by atoms with E-state index in [1.807, 2.05) is 0 Å². The third-order valence-electron chi connectivity index (χ3n) is 0. The van der Waals surface area contributed by atoms with E-state index in [-0.39, 0.29) is 125 Å². The standard InChI is InChI=1S/3P.4Sn.8H/q3*-3;4*+2;;;;;;;;. The molecule has 0 unspecified atom stereocenters. The zero-order chi connectivity index (χ0) is 0. The molecule has 0 N–H and O–H groups in total. The second-order valence-electron chi connectivity index (χ2n) is 0. The Labute approximate surface area is 123 Å². The summed E-state index contributed by atoms with van der Waals surface area (Å²) in [5.41, 5.74) is 0. The zero-order valence-corrected chi connectivity index (χ0v) is 23.0. The Kier molecular flexibility index (Phi) is 421. The topological polar surface area (TPSA) is 0 Å². The normalized spacial score (nSPS) is 0. The minimum absolute atomic E-state index is 0. The third-order valence-corrected chi connectivity index (χ3v) is 0. The van der Waals surface area contributed by atoms with Gasteiger partial charge in [0.15, 0.2) is 0 Å². The molecular formula is H8P3Sn4-. The van der Waals surface area contributed by atoms with Crippen LogP contribution in [0.3, 0.4) is 0 Å². The van der Waals surface area contributed by atoms with Gasteiger partial charge in [0.25, 0.3) is 0 Å². The van der Waals surface area contributed by atoms with Crippen LogP contribution in [0, 0.1) is 0 Å². The fraction of sp³-hybridized carbons (Fsp3) is 0. The van der Waals surface area contributed by atoms with Crippen LogP contribution < -0.4 is 0 Å². The second kappa shape index (κ2) is 46.9. The molecule has 0 saturated heterocycles. The van der Waals surface area contributed by atoms with E-state index in [0.29, 0.717) is 0 Å². The summed E-state index contributed by atoms with van der Waals surface area (Å²) in [6.07, 6.45) is 0. The molecule has 0 heterocycles. The van der Waals surface area contributed by atoms with Gasteiger partial charge >= 0.3 is 95.6 Å². The summed E-state index contributed by atoms with van der Waals surface area (Å²) in [6, 6.07) is 0. The summed E-state index contributed by atoms with van der Waals surface area (Å²) in [4.78, 5) is 0. The first-order valence-electron chi connectivity index (χ1n) is 0. The van der Waals surface area contributed by atoms with Crippen LogP contribution in [0.25, 0.3) is 0 Å². The van der Waals surface area contributed by atoms with Crippen molar-refractivity contribution in [3.05, 3.63) is 0 Å². The molecule has 7 heteroatoms. The van der Waals surface area contributed by atoms with E-state index in [4.69, 9.17) is 0 Å². The molecule has 0 atom stereocenters. The molecule has 0 aromatic rings. The van der Waals surface area contributed by atoms with Crippen LogP contribution in [0.1, 0.15) is 0 Å². The minimum atomic E-state index is 0. The average molecular weight is 576 g/mol. The van der Waals surface area contributed by atoms with Crippen molar-refractivity contribution in [2.24, 2.45) is 0 Å². The maximum atomic E-state index is 0. The third kappa shape index (κ3) is 37.5. The predicted octanol–water partition coefficient (Wildman–Crippen LogP) is -1.08. The molecule has 0 radical (unpaired) electrons. The van der Waals surface area contributed by atoms with Gasteiger partial charge in [0.05, 0.1) is 0 Å². The first kappa shape index (κ1) is 62.8. The van der Waals surface area contributed by atoms with Crippen LogP contribution in [-0.2, 0) is 0 Å². The quantitative estimate of drug-likeness (QED) is 0.255. The van der Waals surface area contributed by atoms with Gasteiger partial charge in [0, 0.05) is 0 Å². The molecule has 0 aromatic carbocycles. The molecule has 0 aliphatic rings. The average Bonchev–Trinajstić information content (AvgIpc) is 0. The van der Waals surface area contributed by atoms with Crippen molar-refractivity contribution < 1.29 is 0 Å². The van der Waals surface area contributed by atoms with Crippen molar-refractivity contribution >= 4 is 125 Å². The Balaban J connectivity index is 0. The van der Waals surface area contributed by atoms with E-state index in [1.165, 1.54) is 0 Å². The molecule has 0 aliphatic heterocycles. The van der Waals surface area contributed by atoms with Gasteiger partial charge in [-0.25, -0.2) is 0 Å². The van der Waals surface area contributed by atoms with Gasteiger partial charge in [0.2, 0.25) is 0 Å². The molecule has 0 bridgehead atoms. The number of rotatable bonds is 0. The Morgan fingerprint density at radius 2 is 0.286 bits per heavy atom. The maximum absolute atomic E-state index is 0. The van der Waals surface area contributed by atoms with Gasteiger partial charge in [-0.15, -0.1) is 0 Å². The van der Waals surface area contributed by atoms with E-state index < -0.39 is 0 Å². The molecule has 0 saturated carbocycles. The predicted molar refractivity (Wildman–Crippen MR) is 54.9 cm³/mol. The monoisotopic (exact) mass is 581 g/mol. The second-order valence-corrected chi connectivity index (χ2v) is 0. The van der Waals surface area contributed by atoms with Crippen molar-refractivity contribution in [3.8, 4) is 0 Å². The van der Waals surface area contributed by atoms with Crippen molar-refractivity contribution in [3.63, 3.8) is 0 Å². The molecule has 0 aliphatic carbocycles. The Morgan fingerprint density at radius 1 is 0.286 bits per heavy atom. The van der Waals surface area contributed by atoms with E-state index in [1.54, 1.807) is 0 Å². The van der Waals surface area contributed by atoms with Crippen LogP contribution in [0.15, 0.2) is 0 Å². The van der Waals surface area contributed by atoms with E-state index in [2.05, 4.69) is 0 Å². The van der Waals surface area contributed by atoms with Gasteiger partial charge in [-0.05, 0) is 0 Å². The summed E-state index contributed by atoms with van der Waals surface area (Å²) >= 11 is 0. The van der Waals surface area contributed by atoms with Crippen LogP contribution >= 0.6 is 29.7 Å². The molecule has 0 rings (SSSR count). The first-order valence-corrected chi connectivity index (χ1v) is 0. The van der Waals surface area contributed by atoms with Crippen molar-refractivity contribution in [2.75, 3.05) is 0 Å². The van der Waals surface area contributed by atoms with E-state index in [9.17, 15) is 0 Å². The summed E-state index contributed by atoms with van der Waals surface area (Å²) in [5, 5.41) is 0. The summed E-state index contributed by atoms with van der Waals surface area (Å²) in [6.45, 7) is 0. The van der Waals surface area contributed by atoms with Crippen LogP contribution in [0.2, 0.25) is 0 Å². The molecule has 0 spiro atoms. The molecular weight excluding hydrogens is 568 g/mol. The zero-order valence-electron chi connectivity index (χ0n) is 4.17. The Morgan fingerprint density at radius 3 is 0.286 bits per heavy atom. The van der Waals surface area contributed by atoms with Gasteiger partial charge in [-0.1, -0.05) is 0 Å². The van der Waals surface area contributed by atoms with Gasteiger partial charge in [-0.3, -0.25) is 0 Å². The molecule has 40 valence electrons. The Bertz CT molecular complexity index is 6.90. The first-order chi connectivity index (χ1) is 0. The molecule has 0 fully saturated rings. The molecule has 0 nitrogen and oxygen atoms in total. The van der Waals surface area contributed by atoms with Crippen LogP contribution in [-0.4, -0.2) is 95.6 Å². The fourth-order valence-corrected chi connectivity index (χ4v) is 0. The summed E-state index contributed by atoms with van der Waals surface area (Å²) in [7, 11) is 0.